The first-order valence-electron chi connectivity index (χ1n) is 11.0. The number of hydrogen-bond acceptors (Lipinski definition) is 3. The third-order valence-corrected chi connectivity index (χ3v) is 6.74. The molecule has 1 N–H and O–H groups in total. The Morgan fingerprint density at radius 1 is 1.11 bits per heavy atom. The molecule has 5 nitrogen and oxygen atoms in total. The number of hydrogen-bond donors (Lipinski definition) is 1. The summed E-state index contributed by atoms with van der Waals surface area (Å²) < 4.78 is 5.84. The van der Waals surface area contributed by atoms with Crippen molar-refractivity contribution in [1.29, 1.82) is 0 Å². The molecular weight excluding hydrogens is 348 g/mol. The molecule has 3 aliphatic rings. The van der Waals surface area contributed by atoms with Gasteiger partial charge in [-0.3, -0.25) is 9.89 Å². The fourth-order valence-corrected chi connectivity index (χ4v) is 5.15. The lowest BCUT2D eigenvalue weighted by Crippen LogP contribution is -2.44. The van der Waals surface area contributed by atoms with E-state index in [1.807, 2.05) is 7.05 Å². The van der Waals surface area contributed by atoms with Gasteiger partial charge in [-0.15, -0.1) is 0 Å². The zero-order chi connectivity index (χ0) is 19.6. The summed E-state index contributed by atoms with van der Waals surface area (Å²) in [6, 6.07) is 9.04. The molecule has 2 saturated heterocycles. The molecule has 4 rings (SSSR count). The van der Waals surface area contributed by atoms with Crippen LogP contribution in [0.25, 0.3) is 0 Å². The van der Waals surface area contributed by atoms with Gasteiger partial charge in [0.25, 0.3) is 0 Å². The zero-order valence-electron chi connectivity index (χ0n) is 17.8. The molecule has 1 spiro atoms. The van der Waals surface area contributed by atoms with Crippen molar-refractivity contribution in [1.82, 2.24) is 15.1 Å². The second-order valence-corrected chi connectivity index (χ2v) is 9.19. The molecule has 1 aliphatic carbocycles. The molecule has 1 aromatic rings. The molecule has 154 valence electrons. The largest absolute Gasteiger partial charge is 0.373 e. The van der Waals surface area contributed by atoms with E-state index in [9.17, 15) is 0 Å². The molecule has 1 aromatic carbocycles. The topological polar surface area (TPSA) is 40.1 Å². The van der Waals surface area contributed by atoms with Crippen molar-refractivity contribution in [3.63, 3.8) is 0 Å². The summed E-state index contributed by atoms with van der Waals surface area (Å²) in [4.78, 5) is 9.48. The summed E-state index contributed by atoms with van der Waals surface area (Å²) in [5.41, 5.74) is 3.29. The summed E-state index contributed by atoms with van der Waals surface area (Å²) in [6.07, 6.45) is 6.20. The van der Waals surface area contributed by atoms with E-state index in [-0.39, 0.29) is 0 Å². The van der Waals surface area contributed by atoms with Gasteiger partial charge in [-0.05, 0) is 49.7 Å². The van der Waals surface area contributed by atoms with Crippen molar-refractivity contribution in [3.8, 4) is 0 Å². The van der Waals surface area contributed by atoms with Gasteiger partial charge in [0.15, 0.2) is 5.96 Å². The van der Waals surface area contributed by atoms with Crippen molar-refractivity contribution in [2.24, 2.45) is 10.4 Å². The minimum Gasteiger partial charge on any atom is -0.373 e. The summed E-state index contributed by atoms with van der Waals surface area (Å²) in [5.74, 6) is 1.06. The molecule has 3 fully saturated rings. The first kappa shape index (κ1) is 19.7. The van der Waals surface area contributed by atoms with Crippen LogP contribution in [-0.4, -0.2) is 61.2 Å². The average Bonchev–Trinajstić information content (AvgIpc) is 3.09. The van der Waals surface area contributed by atoms with E-state index in [1.165, 1.54) is 43.4 Å². The molecule has 0 radical (unpaired) electrons. The van der Waals surface area contributed by atoms with Crippen LogP contribution in [0, 0.1) is 5.41 Å². The van der Waals surface area contributed by atoms with E-state index in [1.54, 1.807) is 0 Å². The van der Waals surface area contributed by atoms with Gasteiger partial charge in [-0.1, -0.05) is 30.7 Å². The third-order valence-electron chi connectivity index (χ3n) is 6.74. The molecule has 2 atom stereocenters. The van der Waals surface area contributed by atoms with Crippen LogP contribution in [0.15, 0.2) is 29.3 Å². The Kier molecular flexibility index (Phi) is 5.93. The minimum absolute atomic E-state index is 0.323. The number of likely N-dealkylation sites (tertiary alicyclic amines) is 1. The van der Waals surface area contributed by atoms with Gasteiger partial charge in [0, 0.05) is 46.3 Å². The number of guanidine groups is 1. The Morgan fingerprint density at radius 2 is 1.79 bits per heavy atom. The van der Waals surface area contributed by atoms with E-state index in [0.29, 0.717) is 17.6 Å². The highest BCUT2D eigenvalue weighted by Crippen LogP contribution is 2.47. The molecule has 2 heterocycles. The number of rotatable bonds is 4. The SMILES string of the molecule is CN=C(NCc1ccc(CN2CC(C)OC(C)C2)cc1)N1CCC2(CCC2)C1. The summed E-state index contributed by atoms with van der Waals surface area (Å²) in [6.45, 7) is 10.5. The van der Waals surface area contributed by atoms with E-state index in [0.717, 1.165) is 38.7 Å². The Balaban J connectivity index is 1.27. The number of nitrogens with one attached hydrogen (secondary N) is 1. The number of benzene rings is 1. The molecule has 2 unspecified atom stereocenters. The van der Waals surface area contributed by atoms with Crippen molar-refractivity contribution in [2.45, 2.75) is 64.8 Å². The van der Waals surface area contributed by atoms with Crippen LogP contribution in [-0.2, 0) is 17.8 Å². The number of ether oxygens (including phenoxy) is 1. The quantitative estimate of drug-likeness (QED) is 0.639. The molecule has 2 aliphatic heterocycles. The predicted molar refractivity (Wildman–Crippen MR) is 114 cm³/mol. The highest BCUT2D eigenvalue weighted by atomic mass is 16.5. The summed E-state index contributed by atoms with van der Waals surface area (Å²) >= 11 is 0. The Morgan fingerprint density at radius 3 is 2.36 bits per heavy atom. The van der Waals surface area contributed by atoms with Crippen LogP contribution < -0.4 is 5.32 Å². The van der Waals surface area contributed by atoms with E-state index >= 15 is 0 Å². The van der Waals surface area contributed by atoms with Crippen LogP contribution in [0.1, 0.15) is 50.7 Å². The minimum atomic E-state index is 0.323. The second kappa shape index (κ2) is 8.42. The standard InChI is InChI=1S/C23H36N4O/c1-18-14-26(15-19(2)28-18)16-21-7-5-20(6-8-21)13-25-22(24-3)27-12-11-23(17-27)9-4-10-23/h5-8,18-19H,4,9-17H2,1-3H3,(H,24,25). The lowest BCUT2D eigenvalue weighted by molar-refractivity contribution is -0.0704. The van der Waals surface area contributed by atoms with Crippen molar-refractivity contribution in [3.05, 3.63) is 35.4 Å². The van der Waals surface area contributed by atoms with Crippen LogP contribution >= 0.6 is 0 Å². The van der Waals surface area contributed by atoms with Crippen LogP contribution in [0.5, 0.6) is 0 Å². The highest BCUT2D eigenvalue weighted by molar-refractivity contribution is 5.80. The van der Waals surface area contributed by atoms with Crippen molar-refractivity contribution >= 4 is 5.96 Å². The van der Waals surface area contributed by atoms with Crippen LogP contribution in [0.2, 0.25) is 0 Å². The van der Waals surface area contributed by atoms with E-state index < -0.39 is 0 Å². The van der Waals surface area contributed by atoms with Crippen LogP contribution in [0.4, 0.5) is 0 Å². The first-order valence-corrected chi connectivity index (χ1v) is 11.0. The van der Waals surface area contributed by atoms with Gasteiger partial charge in [0.2, 0.25) is 0 Å². The molecule has 0 amide bonds. The molecule has 28 heavy (non-hydrogen) atoms. The van der Waals surface area contributed by atoms with Gasteiger partial charge in [-0.2, -0.15) is 0 Å². The molecule has 0 aromatic heterocycles. The van der Waals surface area contributed by atoms with Gasteiger partial charge in [-0.25, -0.2) is 0 Å². The summed E-state index contributed by atoms with van der Waals surface area (Å²) in [7, 11) is 1.90. The molecule has 0 bridgehead atoms. The highest BCUT2D eigenvalue weighted by Gasteiger charge is 2.43. The first-order chi connectivity index (χ1) is 13.5. The maximum Gasteiger partial charge on any atom is 0.193 e. The lowest BCUT2D eigenvalue weighted by atomic mass is 9.68. The van der Waals surface area contributed by atoms with Crippen LogP contribution in [0.3, 0.4) is 0 Å². The van der Waals surface area contributed by atoms with E-state index in [4.69, 9.17) is 4.74 Å². The average molecular weight is 385 g/mol. The number of nitrogens with zero attached hydrogens (tertiary/aromatic N) is 3. The van der Waals surface area contributed by atoms with Gasteiger partial charge in [0.1, 0.15) is 0 Å². The summed E-state index contributed by atoms with van der Waals surface area (Å²) in [5, 5.41) is 3.58. The normalized spacial score (nSPS) is 27.8. The Bertz CT molecular complexity index is 672. The van der Waals surface area contributed by atoms with Gasteiger partial charge in [0.05, 0.1) is 12.2 Å². The fraction of sp³-hybridized carbons (Fsp3) is 0.696. The van der Waals surface area contributed by atoms with Crippen molar-refractivity contribution < 1.29 is 4.74 Å². The Hall–Kier alpha value is -1.59. The molecule has 5 heteroatoms. The Labute approximate surface area is 170 Å². The number of morpholine rings is 1. The fourth-order valence-electron chi connectivity index (χ4n) is 5.15. The number of aliphatic imine (C=N–C) groups is 1. The monoisotopic (exact) mass is 384 g/mol. The second-order valence-electron chi connectivity index (χ2n) is 9.19. The maximum atomic E-state index is 5.84. The predicted octanol–water partition coefficient (Wildman–Crippen LogP) is 3.25. The van der Waals surface area contributed by atoms with E-state index in [2.05, 4.69) is 58.2 Å². The lowest BCUT2D eigenvalue weighted by Gasteiger charge is -2.38. The third kappa shape index (κ3) is 4.52. The van der Waals surface area contributed by atoms with Crippen molar-refractivity contribution in [2.75, 3.05) is 33.2 Å². The zero-order valence-corrected chi connectivity index (χ0v) is 17.8. The van der Waals surface area contributed by atoms with Gasteiger partial charge >= 0.3 is 0 Å². The van der Waals surface area contributed by atoms with Gasteiger partial charge < -0.3 is 15.0 Å². The maximum absolute atomic E-state index is 5.84. The molecule has 1 saturated carbocycles. The molecular formula is C23H36N4O. The smallest absolute Gasteiger partial charge is 0.193 e.